The number of carboxylic acids is 2. The van der Waals surface area contributed by atoms with Crippen molar-refractivity contribution in [3.8, 4) is 0 Å². The van der Waals surface area contributed by atoms with Crippen LogP contribution in [0.4, 0.5) is 0 Å². The minimum Gasteiger partial charge on any atom is -0.481 e. The molecule has 0 radical (unpaired) electrons. The van der Waals surface area contributed by atoms with Crippen molar-refractivity contribution in [2.75, 3.05) is 11.5 Å². The Morgan fingerprint density at radius 2 is 1.30 bits per heavy atom. The van der Waals surface area contributed by atoms with Crippen molar-refractivity contribution in [1.29, 1.82) is 0 Å². The van der Waals surface area contributed by atoms with E-state index >= 15 is 0 Å². The molecule has 0 heterocycles. The third-order valence-electron chi connectivity index (χ3n) is 5.17. The van der Waals surface area contributed by atoms with Gasteiger partial charge in [-0.2, -0.15) is 11.8 Å². The van der Waals surface area contributed by atoms with Gasteiger partial charge in [-0.05, 0) is 24.7 Å². The number of carboxylic acid groups (broad SMARTS) is 2. The van der Waals surface area contributed by atoms with Gasteiger partial charge in [-0.25, -0.2) is 0 Å². The number of hydrogen-bond acceptors (Lipinski definition) is 3. The molecule has 0 fully saturated rings. The van der Waals surface area contributed by atoms with Gasteiger partial charge in [0.1, 0.15) is 0 Å². The second kappa shape index (κ2) is 15.2. The fourth-order valence-corrected chi connectivity index (χ4v) is 4.62. The molecule has 0 aliphatic rings. The minimum absolute atomic E-state index is 0.100. The van der Waals surface area contributed by atoms with Gasteiger partial charge in [-0.1, -0.05) is 79.1 Å². The average molecular weight is 403 g/mol. The second-order valence-electron chi connectivity index (χ2n) is 8.77. The van der Waals surface area contributed by atoms with Gasteiger partial charge in [0.15, 0.2) is 0 Å². The fourth-order valence-electron chi connectivity index (χ4n) is 3.36. The van der Waals surface area contributed by atoms with Gasteiger partial charge in [0.05, 0.1) is 11.8 Å². The molecule has 0 rings (SSSR count). The lowest BCUT2D eigenvalue weighted by molar-refractivity contribution is -0.148. The molecule has 0 aromatic heterocycles. The summed E-state index contributed by atoms with van der Waals surface area (Å²) >= 11 is 1.49. The highest BCUT2D eigenvalue weighted by atomic mass is 32.2. The molecule has 0 saturated heterocycles. The van der Waals surface area contributed by atoms with E-state index in [0.717, 1.165) is 38.5 Å². The summed E-state index contributed by atoms with van der Waals surface area (Å²) < 4.78 is 0. The molecule has 5 heteroatoms. The molecule has 0 unspecified atom stereocenters. The fraction of sp³-hybridized carbons (Fsp3) is 0.909. The molecule has 0 saturated carbocycles. The molecule has 0 bridgehead atoms. The van der Waals surface area contributed by atoms with E-state index in [2.05, 4.69) is 27.7 Å². The summed E-state index contributed by atoms with van der Waals surface area (Å²) in [5.74, 6) is 0.905. The van der Waals surface area contributed by atoms with Crippen LogP contribution in [0.3, 0.4) is 0 Å². The first-order valence-electron chi connectivity index (χ1n) is 10.7. The second-order valence-corrected chi connectivity index (χ2v) is 9.87. The quantitative estimate of drug-likeness (QED) is 0.257. The van der Waals surface area contributed by atoms with Crippen molar-refractivity contribution < 1.29 is 19.8 Å². The van der Waals surface area contributed by atoms with Gasteiger partial charge >= 0.3 is 11.9 Å². The van der Waals surface area contributed by atoms with Crippen LogP contribution in [-0.4, -0.2) is 33.7 Å². The molecular formula is C22H42O4S. The number of carbonyl (C=O) groups is 2. The highest BCUT2D eigenvalue weighted by Gasteiger charge is 2.37. The largest absolute Gasteiger partial charge is 0.481 e. The van der Waals surface area contributed by atoms with Crippen molar-refractivity contribution in [3.05, 3.63) is 0 Å². The molecular weight excluding hydrogens is 360 g/mol. The number of rotatable bonds is 18. The Morgan fingerprint density at radius 1 is 0.815 bits per heavy atom. The van der Waals surface area contributed by atoms with Crippen LogP contribution in [0, 0.1) is 17.3 Å². The minimum atomic E-state index is -0.814. The number of thioether (sulfide) groups is 1. The Hall–Kier alpha value is -0.710. The zero-order valence-electron chi connectivity index (χ0n) is 18.0. The maximum absolute atomic E-state index is 12.2. The highest BCUT2D eigenvalue weighted by Crippen LogP contribution is 2.36. The summed E-state index contributed by atoms with van der Waals surface area (Å²) in [5.41, 5.74) is -0.696. The highest BCUT2D eigenvalue weighted by molar-refractivity contribution is 7.99. The van der Waals surface area contributed by atoms with Crippen LogP contribution in [-0.2, 0) is 9.59 Å². The molecule has 160 valence electrons. The average Bonchev–Trinajstić information content (AvgIpc) is 2.56. The molecule has 0 amide bonds. The monoisotopic (exact) mass is 402 g/mol. The maximum atomic E-state index is 12.2. The standard InChI is InChI=1S/C22H42O4S/c1-18(2)11-7-5-9-14-22(21(25)26,17-27-16-13-20(23)24)15-10-6-8-12-19(3)4/h18-19H,5-17H2,1-4H3,(H,23,24)(H,25,26). The Morgan fingerprint density at radius 3 is 1.67 bits per heavy atom. The molecule has 2 N–H and O–H groups in total. The van der Waals surface area contributed by atoms with E-state index in [-0.39, 0.29) is 6.42 Å². The summed E-state index contributed by atoms with van der Waals surface area (Å²) in [7, 11) is 0. The first kappa shape index (κ1) is 26.3. The predicted octanol–water partition coefficient (Wildman–Crippen LogP) is 6.48. The van der Waals surface area contributed by atoms with Crippen LogP contribution in [0.1, 0.15) is 98.3 Å². The Bertz CT molecular complexity index is 389. The van der Waals surface area contributed by atoms with Crippen molar-refractivity contribution in [3.63, 3.8) is 0 Å². The molecule has 0 aliphatic heterocycles. The van der Waals surface area contributed by atoms with Crippen LogP contribution in [0.5, 0.6) is 0 Å². The molecule has 0 spiro atoms. The van der Waals surface area contributed by atoms with Gasteiger partial charge in [-0.3, -0.25) is 9.59 Å². The summed E-state index contributed by atoms with van der Waals surface area (Å²) in [4.78, 5) is 22.9. The van der Waals surface area contributed by atoms with Crippen LogP contribution < -0.4 is 0 Å². The molecule has 4 nitrogen and oxygen atoms in total. The van der Waals surface area contributed by atoms with E-state index in [1.165, 1.54) is 24.6 Å². The lowest BCUT2D eigenvalue weighted by Gasteiger charge is -2.29. The van der Waals surface area contributed by atoms with E-state index in [1.807, 2.05) is 0 Å². The molecule has 0 aromatic carbocycles. The lowest BCUT2D eigenvalue weighted by atomic mass is 9.79. The number of aliphatic carboxylic acids is 2. The number of hydrogen-bond donors (Lipinski definition) is 2. The van der Waals surface area contributed by atoms with Gasteiger partial charge in [0.25, 0.3) is 0 Å². The van der Waals surface area contributed by atoms with Crippen molar-refractivity contribution >= 4 is 23.7 Å². The van der Waals surface area contributed by atoms with Crippen LogP contribution in [0.15, 0.2) is 0 Å². The first-order valence-corrected chi connectivity index (χ1v) is 11.9. The molecule has 0 aliphatic carbocycles. The molecule has 0 atom stereocenters. The van der Waals surface area contributed by atoms with E-state index in [4.69, 9.17) is 5.11 Å². The van der Waals surface area contributed by atoms with E-state index in [1.54, 1.807) is 0 Å². The topological polar surface area (TPSA) is 74.6 Å². The van der Waals surface area contributed by atoms with Gasteiger partial charge in [-0.15, -0.1) is 0 Å². The van der Waals surface area contributed by atoms with Crippen molar-refractivity contribution in [1.82, 2.24) is 0 Å². The molecule has 0 aromatic rings. The normalized spacial score (nSPS) is 12.1. The van der Waals surface area contributed by atoms with Gasteiger partial charge in [0, 0.05) is 11.5 Å². The lowest BCUT2D eigenvalue weighted by Crippen LogP contribution is -2.34. The predicted molar refractivity (Wildman–Crippen MR) is 115 cm³/mol. The van der Waals surface area contributed by atoms with Crippen molar-refractivity contribution in [2.24, 2.45) is 17.3 Å². The Kier molecular flexibility index (Phi) is 14.8. The van der Waals surface area contributed by atoms with Crippen LogP contribution in [0.25, 0.3) is 0 Å². The SMILES string of the molecule is CC(C)CCCCCC(CCCCCC(C)C)(CSCCC(=O)O)C(=O)O. The summed E-state index contributed by atoms with van der Waals surface area (Å²) in [6.07, 6.45) is 10.3. The summed E-state index contributed by atoms with van der Waals surface area (Å²) in [6.45, 7) is 8.88. The summed E-state index contributed by atoms with van der Waals surface area (Å²) in [5, 5.41) is 18.8. The van der Waals surface area contributed by atoms with E-state index in [0.29, 0.717) is 36.2 Å². The van der Waals surface area contributed by atoms with Crippen molar-refractivity contribution in [2.45, 2.75) is 98.3 Å². The van der Waals surface area contributed by atoms with E-state index < -0.39 is 17.4 Å². The van der Waals surface area contributed by atoms with Crippen LogP contribution >= 0.6 is 11.8 Å². The zero-order valence-corrected chi connectivity index (χ0v) is 18.8. The van der Waals surface area contributed by atoms with Gasteiger partial charge < -0.3 is 10.2 Å². The zero-order chi connectivity index (χ0) is 20.7. The maximum Gasteiger partial charge on any atom is 0.310 e. The Labute approximate surface area is 170 Å². The first-order chi connectivity index (χ1) is 12.7. The van der Waals surface area contributed by atoms with E-state index in [9.17, 15) is 14.7 Å². The summed E-state index contributed by atoms with van der Waals surface area (Å²) in [6, 6.07) is 0. The van der Waals surface area contributed by atoms with Gasteiger partial charge in [0.2, 0.25) is 0 Å². The van der Waals surface area contributed by atoms with Crippen LogP contribution in [0.2, 0.25) is 0 Å². The third-order valence-corrected chi connectivity index (χ3v) is 6.42. The third kappa shape index (κ3) is 14.0. The molecule has 27 heavy (non-hydrogen) atoms. The smallest absolute Gasteiger partial charge is 0.310 e. The number of unbranched alkanes of at least 4 members (excludes halogenated alkanes) is 4. The Balaban J connectivity index is 4.62.